The minimum atomic E-state index is -3.29. The number of carbonyl (C=O) groups excluding carboxylic acids is 1. The normalized spacial score (nSPS) is 21.8. The van der Waals surface area contributed by atoms with Crippen molar-refractivity contribution in [2.75, 3.05) is 19.3 Å². The van der Waals surface area contributed by atoms with E-state index in [1.165, 1.54) is 0 Å². The molecule has 0 radical (unpaired) electrons. The lowest BCUT2D eigenvalue weighted by Crippen LogP contribution is -2.49. The van der Waals surface area contributed by atoms with Crippen molar-refractivity contribution in [3.63, 3.8) is 0 Å². The fourth-order valence-corrected chi connectivity index (χ4v) is 3.08. The number of carbonyl (C=O) groups is 1. The van der Waals surface area contributed by atoms with Gasteiger partial charge in [0, 0.05) is 19.1 Å². The first kappa shape index (κ1) is 20.0. The van der Waals surface area contributed by atoms with Gasteiger partial charge in [0.25, 0.3) is 5.91 Å². The summed E-state index contributed by atoms with van der Waals surface area (Å²) in [7, 11) is -3.29. The van der Waals surface area contributed by atoms with Gasteiger partial charge in [0.15, 0.2) is 5.76 Å². The lowest BCUT2D eigenvalue weighted by molar-refractivity contribution is 0.0540. The molecule has 2 rings (SSSR count). The summed E-state index contributed by atoms with van der Waals surface area (Å²) < 4.78 is 29.9. The fraction of sp³-hybridized carbons (Fsp3) is 0.643. The van der Waals surface area contributed by atoms with E-state index in [-0.39, 0.29) is 36.7 Å². The van der Waals surface area contributed by atoms with Gasteiger partial charge in [-0.2, -0.15) is 0 Å². The molecular formula is C14H24ClN3O4S. The number of hydrogen-bond donors (Lipinski definition) is 2. The van der Waals surface area contributed by atoms with E-state index in [1.807, 2.05) is 0 Å². The molecule has 0 spiro atoms. The molecule has 1 amide bonds. The Morgan fingerprint density at radius 2 is 2.17 bits per heavy atom. The number of nitrogens with two attached hydrogens (primary N) is 1. The second-order valence-electron chi connectivity index (χ2n) is 5.88. The second kappa shape index (κ2) is 8.14. The quantitative estimate of drug-likeness (QED) is 0.808. The Hall–Kier alpha value is -1.09. The highest BCUT2D eigenvalue weighted by atomic mass is 35.5. The van der Waals surface area contributed by atoms with Crippen LogP contribution >= 0.6 is 12.4 Å². The van der Waals surface area contributed by atoms with E-state index in [1.54, 1.807) is 17.0 Å². The average Bonchev–Trinajstić information content (AvgIpc) is 2.92. The molecule has 2 unspecified atom stereocenters. The van der Waals surface area contributed by atoms with Crippen LogP contribution < -0.4 is 10.5 Å². The molecule has 1 fully saturated rings. The number of sulfonamides is 1. The third-order valence-electron chi connectivity index (χ3n) is 3.89. The predicted octanol–water partition coefficient (Wildman–Crippen LogP) is 0.950. The summed E-state index contributed by atoms with van der Waals surface area (Å²) >= 11 is 0. The maximum atomic E-state index is 12.5. The SMILES string of the molecule is CC1CCN(C(=O)c2ccc(CNS(C)(=O)=O)o2)C(CN)C1.Cl. The third-order valence-corrected chi connectivity index (χ3v) is 4.56. The van der Waals surface area contributed by atoms with Crippen LogP contribution in [0.3, 0.4) is 0 Å². The van der Waals surface area contributed by atoms with Crippen molar-refractivity contribution in [1.82, 2.24) is 9.62 Å². The molecule has 3 N–H and O–H groups in total. The highest BCUT2D eigenvalue weighted by Gasteiger charge is 2.30. The van der Waals surface area contributed by atoms with Crippen LogP contribution in [-0.2, 0) is 16.6 Å². The molecule has 1 aromatic rings. The molecule has 0 bridgehead atoms. The first-order chi connectivity index (χ1) is 10.3. The molecule has 132 valence electrons. The van der Waals surface area contributed by atoms with E-state index < -0.39 is 10.0 Å². The number of nitrogens with one attached hydrogen (secondary N) is 1. The van der Waals surface area contributed by atoms with Gasteiger partial charge < -0.3 is 15.1 Å². The Labute approximate surface area is 143 Å². The zero-order chi connectivity index (χ0) is 16.3. The number of amides is 1. The Morgan fingerprint density at radius 3 is 2.78 bits per heavy atom. The van der Waals surface area contributed by atoms with Crippen molar-refractivity contribution in [2.45, 2.75) is 32.4 Å². The maximum Gasteiger partial charge on any atom is 0.289 e. The molecule has 1 aliphatic rings. The summed E-state index contributed by atoms with van der Waals surface area (Å²) in [6.45, 7) is 3.29. The van der Waals surface area contributed by atoms with Gasteiger partial charge >= 0.3 is 0 Å². The van der Waals surface area contributed by atoms with Gasteiger partial charge in [-0.05, 0) is 30.9 Å². The van der Waals surface area contributed by atoms with E-state index in [2.05, 4.69) is 11.6 Å². The van der Waals surface area contributed by atoms with Crippen LogP contribution in [0.5, 0.6) is 0 Å². The zero-order valence-corrected chi connectivity index (χ0v) is 15.0. The molecule has 2 atom stereocenters. The largest absolute Gasteiger partial charge is 0.455 e. The van der Waals surface area contributed by atoms with E-state index in [9.17, 15) is 13.2 Å². The molecule has 9 heteroatoms. The van der Waals surface area contributed by atoms with Gasteiger partial charge in [-0.25, -0.2) is 13.1 Å². The first-order valence-electron chi connectivity index (χ1n) is 7.34. The Bertz CT molecular complexity index is 632. The molecule has 0 aliphatic carbocycles. The minimum Gasteiger partial charge on any atom is -0.455 e. The minimum absolute atomic E-state index is 0. The van der Waals surface area contributed by atoms with E-state index in [0.29, 0.717) is 24.8 Å². The zero-order valence-electron chi connectivity index (χ0n) is 13.3. The molecule has 2 heterocycles. The number of hydrogen-bond acceptors (Lipinski definition) is 5. The van der Waals surface area contributed by atoms with E-state index in [0.717, 1.165) is 19.1 Å². The Balaban J connectivity index is 0.00000264. The number of rotatable bonds is 5. The van der Waals surface area contributed by atoms with Gasteiger partial charge in [-0.1, -0.05) is 6.92 Å². The summed E-state index contributed by atoms with van der Waals surface area (Å²) in [5.41, 5.74) is 5.77. The van der Waals surface area contributed by atoms with Crippen LogP contribution in [-0.4, -0.2) is 44.6 Å². The standard InChI is InChI=1S/C14H23N3O4S.ClH/c1-10-5-6-17(11(7-10)8-15)14(18)13-4-3-12(21-13)9-16-22(2,19)20;/h3-4,10-11,16H,5-9,15H2,1-2H3;1H. The Kier molecular flexibility index (Phi) is 7.06. The number of furan rings is 1. The van der Waals surface area contributed by atoms with E-state index in [4.69, 9.17) is 10.2 Å². The van der Waals surface area contributed by atoms with Gasteiger partial charge in [0.2, 0.25) is 10.0 Å². The van der Waals surface area contributed by atoms with Crippen LogP contribution in [0.1, 0.15) is 36.1 Å². The van der Waals surface area contributed by atoms with Crippen molar-refractivity contribution in [1.29, 1.82) is 0 Å². The molecule has 0 saturated carbocycles. The molecule has 1 aliphatic heterocycles. The first-order valence-corrected chi connectivity index (χ1v) is 9.23. The number of piperidine rings is 1. The topological polar surface area (TPSA) is 106 Å². The Morgan fingerprint density at radius 1 is 1.48 bits per heavy atom. The second-order valence-corrected chi connectivity index (χ2v) is 7.71. The smallest absolute Gasteiger partial charge is 0.289 e. The maximum absolute atomic E-state index is 12.5. The molecule has 1 aromatic heterocycles. The number of likely N-dealkylation sites (tertiary alicyclic amines) is 1. The molecular weight excluding hydrogens is 342 g/mol. The highest BCUT2D eigenvalue weighted by Crippen LogP contribution is 2.24. The van der Waals surface area contributed by atoms with Crippen LogP contribution in [0, 0.1) is 5.92 Å². The highest BCUT2D eigenvalue weighted by molar-refractivity contribution is 7.88. The van der Waals surface area contributed by atoms with Crippen molar-refractivity contribution in [2.24, 2.45) is 11.7 Å². The lowest BCUT2D eigenvalue weighted by Gasteiger charge is -2.37. The van der Waals surface area contributed by atoms with Crippen LogP contribution in [0.4, 0.5) is 0 Å². The van der Waals surface area contributed by atoms with Crippen LogP contribution in [0.15, 0.2) is 16.5 Å². The van der Waals surface area contributed by atoms with Crippen molar-refractivity contribution < 1.29 is 17.6 Å². The fourth-order valence-electron chi connectivity index (χ4n) is 2.67. The monoisotopic (exact) mass is 365 g/mol. The van der Waals surface area contributed by atoms with Crippen LogP contribution in [0.25, 0.3) is 0 Å². The van der Waals surface area contributed by atoms with Crippen LogP contribution in [0.2, 0.25) is 0 Å². The van der Waals surface area contributed by atoms with Gasteiger partial charge in [-0.15, -0.1) is 12.4 Å². The molecule has 0 aromatic carbocycles. The summed E-state index contributed by atoms with van der Waals surface area (Å²) in [6, 6.07) is 3.21. The van der Waals surface area contributed by atoms with Gasteiger partial charge in [-0.3, -0.25) is 4.79 Å². The third kappa shape index (κ3) is 5.49. The van der Waals surface area contributed by atoms with Crippen molar-refractivity contribution >= 4 is 28.3 Å². The van der Waals surface area contributed by atoms with Gasteiger partial charge in [0.1, 0.15) is 5.76 Å². The molecule has 7 nitrogen and oxygen atoms in total. The summed E-state index contributed by atoms with van der Waals surface area (Å²) in [4.78, 5) is 14.3. The van der Waals surface area contributed by atoms with E-state index >= 15 is 0 Å². The van der Waals surface area contributed by atoms with Crippen molar-refractivity contribution in [3.8, 4) is 0 Å². The molecule has 23 heavy (non-hydrogen) atoms. The number of halogens is 1. The summed E-state index contributed by atoms with van der Waals surface area (Å²) in [6.07, 6.45) is 2.92. The summed E-state index contributed by atoms with van der Waals surface area (Å²) in [5, 5.41) is 0. The van der Waals surface area contributed by atoms with Gasteiger partial charge in [0.05, 0.1) is 12.8 Å². The number of nitrogens with zero attached hydrogens (tertiary/aromatic N) is 1. The van der Waals surface area contributed by atoms with Crippen molar-refractivity contribution in [3.05, 3.63) is 23.7 Å². The predicted molar refractivity (Wildman–Crippen MR) is 89.9 cm³/mol. The average molecular weight is 366 g/mol. The lowest BCUT2D eigenvalue weighted by atomic mass is 9.92. The molecule has 1 saturated heterocycles. The summed E-state index contributed by atoms with van der Waals surface area (Å²) in [5.74, 6) is 0.999.